The van der Waals surface area contributed by atoms with E-state index in [4.69, 9.17) is 4.74 Å². The minimum absolute atomic E-state index is 0. The standard InChI is InChI=1S/C38H43N3O5.ClH/c1-3-10-32(24-46-25-42)41-38(45)31(13-8-9-20-39)23-36(44)35(40-26(2)43)21-27-16-18-28(19-17-27)37-33-14-6-4-11-29(33)22-30-12-5-7-15-34(30)37;/h3-7,11-12,14-19,22,25,31-32,35H,1,8-10,13,20-21,23-24,39H2,2H3,(H,40,43)(H,41,45);1H/t31-,32+,35+;/m1./s1. The van der Waals surface area contributed by atoms with Crippen molar-refractivity contribution in [3.8, 4) is 11.1 Å². The second-order valence-electron chi connectivity index (χ2n) is 11.7. The molecule has 0 fully saturated rings. The van der Waals surface area contributed by atoms with Gasteiger partial charge in [0.15, 0.2) is 5.78 Å². The molecule has 0 spiro atoms. The molecular weight excluding hydrogens is 614 g/mol. The summed E-state index contributed by atoms with van der Waals surface area (Å²) in [7, 11) is 0. The van der Waals surface area contributed by atoms with E-state index < -0.39 is 18.0 Å². The number of unbranched alkanes of at least 4 members (excludes halogenated alkanes) is 1. The molecule has 3 atom stereocenters. The molecule has 4 aromatic rings. The summed E-state index contributed by atoms with van der Waals surface area (Å²) in [6.07, 6.45) is 4.40. The lowest BCUT2D eigenvalue weighted by Gasteiger charge is -2.23. The molecule has 0 radical (unpaired) electrons. The van der Waals surface area contributed by atoms with Crippen molar-refractivity contribution in [2.45, 2.75) is 57.5 Å². The minimum atomic E-state index is -0.785. The number of hydrogen-bond donors (Lipinski definition) is 3. The summed E-state index contributed by atoms with van der Waals surface area (Å²) >= 11 is 0. The van der Waals surface area contributed by atoms with Crippen LogP contribution in [-0.2, 0) is 30.3 Å². The number of ketones is 1. The van der Waals surface area contributed by atoms with Crippen LogP contribution < -0.4 is 28.8 Å². The smallest absolute Gasteiger partial charge is 0.293 e. The first kappa shape index (κ1) is 36.9. The summed E-state index contributed by atoms with van der Waals surface area (Å²) in [6.45, 7) is 6.19. The van der Waals surface area contributed by atoms with Crippen LogP contribution in [0.1, 0.15) is 44.6 Å². The number of benzene rings is 4. The Labute approximate surface area is 282 Å². The Morgan fingerprint density at radius 2 is 1.55 bits per heavy atom. The summed E-state index contributed by atoms with van der Waals surface area (Å²) in [4.78, 5) is 49.9. The van der Waals surface area contributed by atoms with Crippen molar-refractivity contribution in [3.05, 3.63) is 97.1 Å². The van der Waals surface area contributed by atoms with Gasteiger partial charge in [-0.1, -0.05) is 78.9 Å². The lowest BCUT2D eigenvalue weighted by Crippen LogP contribution is -3.00. The Morgan fingerprint density at radius 1 is 0.915 bits per heavy atom. The number of halogens is 1. The van der Waals surface area contributed by atoms with Crippen LogP contribution in [0.2, 0.25) is 0 Å². The highest BCUT2D eigenvalue weighted by molar-refractivity contribution is 6.12. The van der Waals surface area contributed by atoms with E-state index in [-0.39, 0.29) is 43.0 Å². The Balaban J connectivity index is 0.00000600. The zero-order chi connectivity index (χ0) is 32.9. The second kappa shape index (κ2) is 18.6. The summed E-state index contributed by atoms with van der Waals surface area (Å²) in [5, 5.41) is 10.4. The molecular formula is C38H44ClN3O5. The van der Waals surface area contributed by atoms with Crippen LogP contribution >= 0.6 is 0 Å². The average molecular weight is 658 g/mol. The molecule has 0 aromatic heterocycles. The number of fused-ring (bicyclic) bond motifs is 2. The molecule has 248 valence electrons. The van der Waals surface area contributed by atoms with E-state index in [1.54, 1.807) is 6.08 Å². The molecule has 0 aliphatic heterocycles. The lowest BCUT2D eigenvalue weighted by molar-refractivity contribution is -0.368. The van der Waals surface area contributed by atoms with E-state index >= 15 is 0 Å². The molecule has 9 heteroatoms. The van der Waals surface area contributed by atoms with Gasteiger partial charge in [-0.25, -0.2) is 0 Å². The number of rotatable bonds is 18. The van der Waals surface area contributed by atoms with Crippen LogP contribution in [-0.4, -0.2) is 49.3 Å². The van der Waals surface area contributed by atoms with Crippen LogP contribution in [0.5, 0.6) is 0 Å². The van der Waals surface area contributed by atoms with Gasteiger partial charge in [0.05, 0.1) is 18.6 Å². The molecule has 4 rings (SSSR count). The van der Waals surface area contributed by atoms with Crippen molar-refractivity contribution in [1.82, 2.24) is 10.6 Å². The maximum Gasteiger partial charge on any atom is 0.293 e. The number of hydrogen-bond acceptors (Lipinski definition) is 5. The molecule has 47 heavy (non-hydrogen) atoms. The van der Waals surface area contributed by atoms with Gasteiger partial charge >= 0.3 is 0 Å². The predicted octanol–water partition coefficient (Wildman–Crippen LogP) is 1.93. The number of carbonyl (C=O) groups is 4. The monoisotopic (exact) mass is 657 g/mol. The van der Waals surface area contributed by atoms with Gasteiger partial charge in [0, 0.05) is 19.3 Å². The van der Waals surface area contributed by atoms with Gasteiger partial charge in [-0.05, 0) is 76.4 Å². The van der Waals surface area contributed by atoms with E-state index in [2.05, 4.69) is 65.4 Å². The van der Waals surface area contributed by atoms with E-state index in [0.29, 0.717) is 25.7 Å². The molecule has 0 aliphatic carbocycles. The summed E-state index contributed by atoms with van der Waals surface area (Å²) in [5.74, 6) is -1.40. The first-order chi connectivity index (χ1) is 22.3. The van der Waals surface area contributed by atoms with Crippen LogP contribution in [0.25, 0.3) is 32.7 Å². The fraction of sp³-hybridized carbons (Fsp3) is 0.316. The van der Waals surface area contributed by atoms with Gasteiger partial charge in [-0.3, -0.25) is 19.2 Å². The highest BCUT2D eigenvalue weighted by atomic mass is 35.5. The molecule has 0 unspecified atom stereocenters. The van der Waals surface area contributed by atoms with Crippen LogP contribution in [0.15, 0.2) is 91.5 Å². The van der Waals surface area contributed by atoms with Crippen molar-refractivity contribution in [2.75, 3.05) is 13.2 Å². The maximum absolute atomic E-state index is 13.7. The third-order valence-electron chi connectivity index (χ3n) is 8.25. The molecule has 0 saturated heterocycles. The fourth-order valence-corrected chi connectivity index (χ4v) is 5.98. The molecule has 4 aromatic carbocycles. The van der Waals surface area contributed by atoms with Gasteiger partial charge in [0.25, 0.3) is 6.47 Å². The highest BCUT2D eigenvalue weighted by Gasteiger charge is 2.28. The lowest BCUT2D eigenvalue weighted by atomic mass is 9.89. The van der Waals surface area contributed by atoms with Crippen molar-refractivity contribution in [2.24, 2.45) is 5.92 Å². The molecule has 8 nitrogen and oxygen atoms in total. The van der Waals surface area contributed by atoms with E-state index in [0.717, 1.165) is 57.6 Å². The number of Topliss-reactive ketones (excluding diaryl/α,β-unsaturated/α-hetero) is 1. The van der Waals surface area contributed by atoms with Crippen LogP contribution in [0.3, 0.4) is 0 Å². The predicted molar refractivity (Wildman–Crippen MR) is 182 cm³/mol. The molecule has 2 amide bonds. The van der Waals surface area contributed by atoms with E-state index in [9.17, 15) is 19.2 Å². The molecule has 5 N–H and O–H groups in total. The Bertz CT molecular complexity index is 1620. The van der Waals surface area contributed by atoms with Gasteiger partial charge in [0.1, 0.15) is 6.61 Å². The van der Waals surface area contributed by atoms with Crippen molar-refractivity contribution >= 4 is 45.6 Å². The minimum Gasteiger partial charge on any atom is -1.00 e. The van der Waals surface area contributed by atoms with Crippen molar-refractivity contribution < 1.29 is 42.1 Å². The summed E-state index contributed by atoms with van der Waals surface area (Å²) < 4.78 is 4.87. The summed E-state index contributed by atoms with van der Waals surface area (Å²) in [6, 6.07) is 25.8. The summed E-state index contributed by atoms with van der Waals surface area (Å²) in [5.41, 5.74) is 7.00. The third-order valence-corrected chi connectivity index (χ3v) is 8.25. The SMILES string of the molecule is C=CC[C@@H](COC=O)NC(=O)[C@H](CCCC[NH3+])CC(=O)[C@H](Cc1ccc(-c2c3ccccc3cc3ccccc23)cc1)NC(C)=O.[Cl-]. The fourth-order valence-electron chi connectivity index (χ4n) is 5.98. The second-order valence-corrected chi connectivity index (χ2v) is 11.7. The number of quaternary nitrogens is 1. The van der Waals surface area contributed by atoms with Crippen molar-refractivity contribution in [3.63, 3.8) is 0 Å². The van der Waals surface area contributed by atoms with E-state index in [1.165, 1.54) is 6.92 Å². The Morgan fingerprint density at radius 3 is 2.13 bits per heavy atom. The average Bonchev–Trinajstić information content (AvgIpc) is 3.05. The zero-order valence-electron chi connectivity index (χ0n) is 26.9. The van der Waals surface area contributed by atoms with Crippen LogP contribution in [0, 0.1) is 5.92 Å². The number of ether oxygens (including phenoxy) is 1. The van der Waals surface area contributed by atoms with Gasteiger partial charge in [-0.15, -0.1) is 6.58 Å². The van der Waals surface area contributed by atoms with Gasteiger partial charge in [0.2, 0.25) is 11.8 Å². The number of carbonyl (C=O) groups excluding carboxylic acids is 4. The quantitative estimate of drug-likeness (QED) is 0.0652. The molecule has 0 heterocycles. The topological polar surface area (TPSA) is 129 Å². The Kier molecular flexibility index (Phi) is 14.6. The van der Waals surface area contributed by atoms with Gasteiger partial charge < -0.3 is 33.5 Å². The maximum atomic E-state index is 13.7. The first-order valence-electron chi connectivity index (χ1n) is 15.9. The number of amides is 2. The van der Waals surface area contributed by atoms with Crippen LogP contribution in [0.4, 0.5) is 0 Å². The Hall–Kier alpha value is -4.53. The zero-order valence-corrected chi connectivity index (χ0v) is 27.6. The highest BCUT2D eigenvalue weighted by Crippen LogP contribution is 2.36. The normalized spacial score (nSPS) is 12.7. The molecule has 0 saturated carbocycles. The van der Waals surface area contributed by atoms with Gasteiger partial charge in [-0.2, -0.15) is 0 Å². The van der Waals surface area contributed by atoms with Crippen molar-refractivity contribution in [1.29, 1.82) is 0 Å². The number of nitrogens with one attached hydrogen (secondary N) is 2. The third kappa shape index (κ3) is 10.2. The first-order valence-corrected chi connectivity index (χ1v) is 15.9. The molecule has 0 bridgehead atoms. The molecule has 0 aliphatic rings. The van der Waals surface area contributed by atoms with E-state index in [1.807, 2.05) is 36.4 Å². The largest absolute Gasteiger partial charge is 1.00 e.